The fraction of sp³-hybridized carbons (Fsp3) is 0.750. The van der Waals surface area contributed by atoms with Gasteiger partial charge in [0.2, 0.25) is 0 Å². The molecule has 1 atom stereocenters. The zero-order valence-electron chi connectivity index (χ0n) is 12.9. The van der Waals surface area contributed by atoms with Crippen LogP contribution in [0.2, 0.25) is 0 Å². The Kier molecular flexibility index (Phi) is 4.58. The van der Waals surface area contributed by atoms with E-state index in [0.717, 1.165) is 18.9 Å². The van der Waals surface area contributed by atoms with E-state index < -0.39 is 0 Å². The summed E-state index contributed by atoms with van der Waals surface area (Å²) in [5, 5.41) is 7.32. The van der Waals surface area contributed by atoms with Crippen molar-refractivity contribution in [2.24, 2.45) is 13.0 Å². The summed E-state index contributed by atoms with van der Waals surface area (Å²) in [4.78, 5) is 14.7. The molecule has 21 heavy (non-hydrogen) atoms. The summed E-state index contributed by atoms with van der Waals surface area (Å²) in [5.41, 5.74) is 0.519. The van der Waals surface area contributed by atoms with Crippen LogP contribution in [0.4, 0.5) is 0 Å². The lowest BCUT2D eigenvalue weighted by molar-refractivity contribution is 0.0890. The maximum atomic E-state index is 12.2. The molecule has 1 aromatic rings. The Morgan fingerprint density at radius 1 is 1.33 bits per heavy atom. The molecule has 2 fully saturated rings. The van der Waals surface area contributed by atoms with Gasteiger partial charge in [-0.05, 0) is 44.2 Å². The van der Waals surface area contributed by atoms with Gasteiger partial charge in [0.25, 0.3) is 5.91 Å². The Morgan fingerprint density at radius 2 is 2.14 bits per heavy atom. The molecule has 1 aliphatic heterocycles. The van der Waals surface area contributed by atoms with Gasteiger partial charge in [-0.1, -0.05) is 12.8 Å². The summed E-state index contributed by atoms with van der Waals surface area (Å²) in [5.74, 6) is 0.846. The average molecular weight is 290 g/mol. The van der Waals surface area contributed by atoms with Crippen molar-refractivity contribution in [1.29, 1.82) is 0 Å². The van der Waals surface area contributed by atoms with Gasteiger partial charge >= 0.3 is 0 Å². The molecule has 0 spiro atoms. The summed E-state index contributed by atoms with van der Waals surface area (Å²) >= 11 is 0. The molecular formula is C16H26N4O. The monoisotopic (exact) mass is 290 g/mol. The Hall–Kier alpha value is -1.36. The Labute approximate surface area is 126 Å². The molecule has 1 N–H and O–H groups in total. The van der Waals surface area contributed by atoms with Crippen LogP contribution in [0, 0.1) is 5.92 Å². The summed E-state index contributed by atoms with van der Waals surface area (Å²) in [6.07, 6.45) is 9.65. The largest absolute Gasteiger partial charge is 0.347 e. The van der Waals surface area contributed by atoms with Gasteiger partial charge in [-0.25, -0.2) is 0 Å². The number of nitrogens with zero attached hydrogens (tertiary/aromatic N) is 3. The second kappa shape index (κ2) is 6.60. The van der Waals surface area contributed by atoms with Crippen molar-refractivity contribution in [3.05, 3.63) is 18.0 Å². The third kappa shape index (κ3) is 3.84. The first kappa shape index (κ1) is 14.6. The van der Waals surface area contributed by atoms with Crippen molar-refractivity contribution in [1.82, 2.24) is 20.0 Å². The topological polar surface area (TPSA) is 50.2 Å². The molecule has 1 saturated heterocycles. The quantitative estimate of drug-likeness (QED) is 0.920. The van der Waals surface area contributed by atoms with Gasteiger partial charge in [0.05, 0.1) is 0 Å². The Balaban J connectivity index is 1.50. The SMILES string of the molecule is Cn1ccc(C(=O)NC2CCCN(CC3CCCC3)C2)n1. The zero-order chi connectivity index (χ0) is 14.7. The van der Waals surface area contributed by atoms with Crippen LogP contribution in [0.1, 0.15) is 49.0 Å². The minimum atomic E-state index is -0.0386. The number of hydrogen-bond donors (Lipinski definition) is 1. The molecule has 0 aromatic carbocycles. The number of amides is 1. The van der Waals surface area contributed by atoms with Crippen molar-refractivity contribution in [3.63, 3.8) is 0 Å². The van der Waals surface area contributed by atoms with Crippen LogP contribution in [0.3, 0.4) is 0 Å². The number of hydrogen-bond acceptors (Lipinski definition) is 3. The number of likely N-dealkylation sites (tertiary alicyclic amines) is 1. The minimum absolute atomic E-state index is 0.0386. The minimum Gasteiger partial charge on any atom is -0.347 e. The normalized spacial score (nSPS) is 24.3. The van der Waals surface area contributed by atoms with E-state index in [1.54, 1.807) is 10.7 Å². The maximum absolute atomic E-state index is 12.2. The highest BCUT2D eigenvalue weighted by Crippen LogP contribution is 2.26. The highest BCUT2D eigenvalue weighted by Gasteiger charge is 2.25. The highest BCUT2D eigenvalue weighted by molar-refractivity contribution is 5.92. The Bertz CT molecular complexity index is 478. The first-order valence-electron chi connectivity index (χ1n) is 8.23. The van der Waals surface area contributed by atoms with Gasteiger partial charge in [0.15, 0.2) is 0 Å². The molecule has 3 rings (SSSR count). The number of carbonyl (C=O) groups excluding carboxylic acids is 1. The predicted molar refractivity (Wildman–Crippen MR) is 82.1 cm³/mol. The van der Waals surface area contributed by atoms with E-state index in [0.29, 0.717) is 5.69 Å². The number of aromatic nitrogens is 2. The van der Waals surface area contributed by atoms with Gasteiger partial charge in [-0.3, -0.25) is 9.48 Å². The van der Waals surface area contributed by atoms with Crippen LogP contribution in [0.15, 0.2) is 12.3 Å². The highest BCUT2D eigenvalue weighted by atomic mass is 16.2. The number of piperidine rings is 1. The molecule has 2 heterocycles. The van der Waals surface area contributed by atoms with Gasteiger partial charge < -0.3 is 10.2 Å². The Morgan fingerprint density at radius 3 is 2.86 bits per heavy atom. The van der Waals surface area contributed by atoms with E-state index in [1.807, 2.05) is 13.2 Å². The molecule has 2 aliphatic rings. The molecule has 0 bridgehead atoms. The predicted octanol–water partition coefficient (Wildman–Crippen LogP) is 1.80. The summed E-state index contributed by atoms with van der Waals surface area (Å²) < 4.78 is 1.67. The summed E-state index contributed by atoms with van der Waals surface area (Å²) in [6, 6.07) is 2.05. The number of carbonyl (C=O) groups is 1. The van der Waals surface area contributed by atoms with E-state index in [-0.39, 0.29) is 11.9 Å². The molecule has 1 unspecified atom stereocenters. The second-order valence-corrected chi connectivity index (χ2v) is 6.60. The number of nitrogens with one attached hydrogen (secondary N) is 1. The van der Waals surface area contributed by atoms with Gasteiger partial charge in [-0.2, -0.15) is 5.10 Å². The molecular weight excluding hydrogens is 264 g/mol. The molecule has 0 radical (unpaired) electrons. The average Bonchev–Trinajstić information content (AvgIpc) is 3.11. The first-order chi connectivity index (χ1) is 10.2. The van der Waals surface area contributed by atoms with Crippen LogP contribution in [0.5, 0.6) is 0 Å². The molecule has 5 heteroatoms. The van der Waals surface area contributed by atoms with Crippen molar-refractivity contribution >= 4 is 5.91 Å². The van der Waals surface area contributed by atoms with Crippen LogP contribution < -0.4 is 5.32 Å². The van der Waals surface area contributed by atoms with Crippen LogP contribution in [-0.2, 0) is 7.05 Å². The lowest BCUT2D eigenvalue weighted by Gasteiger charge is -2.34. The zero-order valence-corrected chi connectivity index (χ0v) is 12.9. The van der Waals surface area contributed by atoms with Gasteiger partial charge in [-0.15, -0.1) is 0 Å². The van der Waals surface area contributed by atoms with Crippen molar-refractivity contribution < 1.29 is 4.79 Å². The molecule has 116 valence electrons. The van der Waals surface area contributed by atoms with E-state index in [1.165, 1.54) is 45.2 Å². The molecule has 1 amide bonds. The standard InChI is InChI=1S/C16H26N4O/c1-19-10-8-15(18-19)16(21)17-14-7-4-9-20(12-14)11-13-5-2-3-6-13/h8,10,13-14H,2-7,9,11-12H2,1H3,(H,17,21). The summed E-state index contributed by atoms with van der Waals surface area (Å²) in [6.45, 7) is 3.40. The van der Waals surface area contributed by atoms with E-state index >= 15 is 0 Å². The van der Waals surface area contributed by atoms with Crippen molar-refractivity contribution in [3.8, 4) is 0 Å². The lowest BCUT2D eigenvalue weighted by Crippen LogP contribution is -2.48. The maximum Gasteiger partial charge on any atom is 0.272 e. The third-order valence-corrected chi connectivity index (χ3v) is 4.78. The molecule has 5 nitrogen and oxygen atoms in total. The van der Waals surface area contributed by atoms with Crippen LogP contribution in [-0.4, -0.2) is 46.3 Å². The van der Waals surface area contributed by atoms with Crippen molar-refractivity contribution in [2.75, 3.05) is 19.6 Å². The van der Waals surface area contributed by atoms with E-state index in [2.05, 4.69) is 15.3 Å². The second-order valence-electron chi connectivity index (χ2n) is 6.60. The number of rotatable bonds is 4. The van der Waals surface area contributed by atoms with Gasteiger partial charge in [0.1, 0.15) is 5.69 Å². The van der Waals surface area contributed by atoms with Crippen LogP contribution >= 0.6 is 0 Å². The molecule has 1 saturated carbocycles. The molecule has 1 aliphatic carbocycles. The van der Waals surface area contributed by atoms with E-state index in [9.17, 15) is 4.79 Å². The first-order valence-corrected chi connectivity index (χ1v) is 8.23. The fourth-order valence-electron chi connectivity index (χ4n) is 3.69. The smallest absolute Gasteiger partial charge is 0.272 e. The van der Waals surface area contributed by atoms with Crippen molar-refractivity contribution in [2.45, 2.75) is 44.6 Å². The lowest BCUT2D eigenvalue weighted by atomic mass is 10.0. The van der Waals surface area contributed by atoms with Crippen LogP contribution in [0.25, 0.3) is 0 Å². The number of aryl methyl sites for hydroxylation is 1. The van der Waals surface area contributed by atoms with Gasteiger partial charge in [0, 0.05) is 32.4 Å². The third-order valence-electron chi connectivity index (χ3n) is 4.78. The summed E-state index contributed by atoms with van der Waals surface area (Å²) in [7, 11) is 1.83. The molecule has 1 aromatic heterocycles. The van der Waals surface area contributed by atoms with E-state index in [4.69, 9.17) is 0 Å². The fourth-order valence-corrected chi connectivity index (χ4v) is 3.69.